The van der Waals surface area contributed by atoms with E-state index in [4.69, 9.17) is 8.92 Å². The van der Waals surface area contributed by atoms with Gasteiger partial charge in [0, 0.05) is 12.0 Å². The molecule has 0 radical (unpaired) electrons. The number of rotatable bonds is 9. The Morgan fingerprint density at radius 1 is 1.03 bits per heavy atom. The zero-order valence-corrected chi connectivity index (χ0v) is 19.1. The van der Waals surface area contributed by atoms with Crippen LogP contribution in [0.25, 0.3) is 22.0 Å². The molecular weight excluding hydrogens is 442 g/mol. The van der Waals surface area contributed by atoms with Gasteiger partial charge in [-0.1, -0.05) is 72.8 Å². The number of ether oxygens (including phenoxy) is 1. The molecule has 0 N–H and O–H groups in total. The lowest BCUT2D eigenvalue weighted by Crippen LogP contribution is -2.42. The van der Waals surface area contributed by atoms with Crippen molar-refractivity contribution in [3.63, 3.8) is 0 Å². The maximum Gasteiger partial charge on any atom is 0.267 e. The topological polar surface area (TPSA) is 91.4 Å². The van der Waals surface area contributed by atoms with Gasteiger partial charge in [-0.15, -0.1) is 9.36 Å². The number of ketones is 1. The van der Waals surface area contributed by atoms with E-state index in [1.807, 2.05) is 72.8 Å². The molecule has 33 heavy (non-hydrogen) atoms. The summed E-state index contributed by atoms with van der Waals surface area (Å²) >= 11 is 0. The molecule has 0 saturated carbocycles. The Kier molecular flexibility index (Phi) is 6.64. The van der Waals surface area contributed by atoms with E-state index < -0.39 is 22.2 Å². The van der Waals surface area contributed by atoms with Gasteiger partial charge >= 0.3 is 0 Å². The standard InChI is InChI=1S/C24H24N3O5S/c1-26-22(20-9-4-3-5-10-20)16-27(25-26)17-31-24(32-33(2,29)30)23(28)15-18-12-13-19-8-6-7-11-21(19)14-18/h3-14,16,24H,15,17H2,1-2H3/q+1. The third-order valence-corrected chi connectivity index (χ3v) is 5.54. The van der Waals surface area contributed by atoms with E-state index in [0.717, 1.165) is 33.8 Å². The highest BCUT2D eigenvalue weighted by atomic mass is 32.2. The lowest BCUT2D eigenvalue weighted by molar-refractivity contribution is -0.788. The lowest BCUT2D eigenvalue weighted by Gasteiger charge is -2.14. The van der Waals surface area contributed by atoms with E-state index in [9.17, 15) is 13.2 Å². The minimum atomic E-state index is -3.93. The molecule has 0 spiro atoms. The predicted molar refractivity (Wildman–Crippen MR) is 122 cm³/mol. The summed E-state index contributed by atoms with van der Waals surface area (Å²) in [5, 5.41) is 6.36. The summed E-state index contributed by atoms with van der Waals surface area (Å²) in [6.07, 6.45) is 1.02. The Morgan fingerprint density at radius 3 is 2.45 bits per heavy atom. The summed E-state index contributed by atoms with van der Waals surface area (Å²) < 4.78 is 37.2. The molecule has 8 nitrogen and oxygen atoms in total. The minimum Gasteiger partial charge on any atom is -0.302 e. The van der Waals surface area contributed by atoms with E-state index in [2.05, 4.69) is 5.21 Å². The van der Waals surface area contributed by atoms with E-state index >= 15 is 0 Å². The van der Waals surface area contributed by atoms with Crippen LogP contribution < -0.4 is 4.68 Å². The SMILES string of the molecule is Cn1n[n+](COC(OS(C)(=O)=O)C(=O)Cc2ccc3ccccc3c2)cc1-c1ccccc1. The van der Waals surface area contributed by atoms with Gasteiger partial charge < -0.3 is 4.74 Å². The third kappa shape index (κ3) is 5.89. The van der Waals surface area contributed by atoms with Gasteiger partial charge in [0.2, 0.25) is 13.0 Å². The van der Waals surface area contributed by atoms with Gasteiger partial charge in [-0.05, 0) is 16.3 Å². The van der Waals surface area contributed by atoms with Crippen LogP contribution in [-0.2, 0) is 44.0 Å². The molecule has 0 saturated heterocycles. The molecule has 1 unspecified atom stereocenters. The Hall–Kier alpha value is -3.40. The number of benzene rings is 3. The van der Waals surface area contributed by atoms with Gasteiger partial charge in [-0.2, -0.15) is 8.42 Å². The predicted octanol–water partition coefficient (Wildman–Crippen LogP) is 2.62. The fraction of sp³-hybridized carbons (Fsp3) is 0.208. The molecular formula is C24H24N3O5S+. The molecule has 1 heterocycles. The average Bonchev–Trinajstić information content (AvgIpc) is 3.17. The summed E-state index contributed by atoms with van der Waals surface area (Å²) in [4.78, 5) is 12.9. The second-order valence-corrected chi connectivity index (χ2v) is 9.29. The fourth-order valence-corrected chi connectivity index (χ4v) is 4.00. The fourth-order valence-electron chi connectivity index (χ4n) is 3.51. The molecule has 1 aromatic heterocycles. The monoisotopic (exact) mass is 466 g/mol. The maximum absolute atomic E-state index is 12.9. The summed E-state index contributed by atoms with van der Waals surface area (Å²) in [6.45, 7) is -0.162. The first-order valence-electron chi connectivity index (χ1n) is 10.3. The van der Waals surface area contributed by atoms with E-state index in [1.54, 1.807) is 17.9 Å². The highest BCUT2D eigenvalue weighted by Crippen LogP contribution is 2.18. The number of aromatic nitrogens is 3. The summed E-state index contributed by atoms with van der Waals surface area (Å²) in [7, 11) is -2.14. The van der Waals surface area contributed by atoms with Crippen LogP contribution in [0.2, 0.25) is 0 Å². The number of nitrogens with zero attached hydrogens (tertiary/aromatic N) is 3. The first kappa shape index (κ1) is 22.8. The van der Waals surface area contributed by atoms with Crippen molar-refractivity contribution in [1.82, 2.24) is 9.90 Å². The van der Waals surface area contributed by atoms with Crippen LogP contribution >= 0.6 is 0 Å². The number of hydrogen-bond acceptors (Lipinski definition) is 6. The Balaban J connectivity index is 1.49. The Morgan fingerprint density at radius 2 is 1.73 bits per heavy atom. The second kappa shape index (κ2) is 9.62. The van der Waals surface area contributed by atoms with Crippen LogP contribution in [0.15, 0.2) is 79.0 Å². The number of carbonyl (C=O) groups is 1. The zero-order chi connectivity index (χ0) is 23.4. The number of hydrogen-bond donors (Lipinski definition) is 0. The quantitative estimate of drug-likeness (QED) is 0.214. The molecule has 0 aliphatic carbocycles. The van der Waals surface area contributed by atoms with Gasteiger partial charge in [0.25, 0.3) is 10.1 Å². The van der Waals surface area contributed by atoms with Gasteiger partial charge in [-0.3, -0.25) is 4.79 Å². The number of aryl methyl sites for hydroxylation is 1. The molecule has 170 valence electrons. The second-order valence-electron chi connectivity index (χ2n) is 7.69. The van der Waals surface area contributed by atoms with Gasteiger partial charge in [0.15, 0.2) is 17.7 Å². The van der Waals surface area contributed by atoms with Crippen LogP contribution in [0.4, 0.5) is 0 Å². The van der Waals surface area contributed by atoms with Crippen molar-refractivity contribution in [2.75, 3.05) is 6.26 Å². The normalized spacial score (nSPS) is 12.7. The Labute approximate surface area is 192 Å². The minimum absolute atomic E-state index is 0.0346. The van der Waals surface area contributed by atoms with Crippen molar-refractivity contribution in [3.8, 4) is 11.3 Å². The highest BCUT2D eigenvalue weighted by Gasteiger charge is 2.26. The van der Waals surface area contributed by atoms with Crippen LogP contribution in [0.1, 0.15) is 5.56 Å². The molecule has 0 fully saturated rings. The van der Waals surface area contributed by atoms with Crippen LogP contribution in [0.5, 0.6) is 0 Å². The molecule has 1 atom stereocenters. The molecule has 9 heteroatoms. The number of carbonyl (C=O) groups excluding carboxylic acids is 1. The molecule has 0 bridgehead atoms. The lowest BCUT2D eigenvalue weighted by atomic mass is 10.0. The smallest absolute Gasteiger partial charge is 0.267 e. The van der Waals surface area contributed by atoms with E-state index in [0.29, 0.717) is 0 Å². The zero-order valence-electron chi connectivity index (χ0n) is 18.3. The number of fused-ring (bicyclic) bond motifs is 1. The molecule has 0 amide bonds. The molecule has 4 rings (SSSR count). The van der Waals surface area contributed by atoms with Gasteiger partial charge in [-0.25, -0.2) is 4.18 Å². The van der Waals surface area contributed by atoms with Gasteiger partial charge in [0.1, 0.15) is 7.05 Å². The molecule has 0 aliphatic heterocycles. The maximum atomic E-state index is 12.9. The van der Waals surface area contributed by atoms with Crippen LogP contribution in [-0.4, -0.2) is 36.6 Å². The van der Waals surface area contributed by atoms with Crippen molar-refractivity contribution in [2.45, 2.75) is 19.4 Å². The third-order valence-electron chi connectivity index (χ3n) is 5.01. The summed E-state index contributed by atoms with van der Waals surface area (Å²) in [5.41, 5.74) is 2.53. The molecule has 3 aromatic carbocycles. The van der Waals surface area contributed by atoms with Crippen molar-refractivity contribution < 1.29 is 26.8 Å². The molecule has 0 aliphatic rings. The van der Waals surface area contributed by atoms with Crippen molar-refractivity contribution >= 4 is 26.7 Å². The van der Waals surface area contributed by atoms with Gasteiger partial charge in [0.05, 0.1) is 11.5 Å². The van der Waals surface area contributed by atoms with Crippen LogP contribution in [0, 0.1) is 0 Å². The molecule has 4 aromatic rings. The highest BCUT2D eigenvalue weighted by molar-refractivity contribution is 7.86. The van der Waals surface area contributed by atoms with Crippen LogP contribution in [0.3, 0.4) is 0 Å². The average molecular weight is 467 g/mol. The first-order valence-corrected chi connectivity index (χ1v) is 12.1. The Bertz CT molecular complexity index is 1380. The van der Waals surface area contributed by atoms with Crippen molar-refractivity contribution in [3.05, 3.63) is 84.6 Å². The van der Waals surface area contributed by atoms with E-state index in [-0.39, 0.29) is 13.2 Å². The van der Waals surface area contributed by atoms with Crippen molar-refractivity contribution in [1.29, 1.82) is 0 Å². The van der Waals surface area contributed by atoms with Crippen molar-refractivity contribution in [2.24, 2.45) is 7.05 Å². The largest absolute Gasteiger partial charge is 0.302 e. The number of Topliss-reactive ketones (excluding diaryl/α,β-unsaturated/α-hetero) is 1. The first-order chi connectivity index (χ1) is 15.8. The summed E-state index contributed by atoms with van der Waals surface area (Å²) in [5.74, 6) is -0.504. The summed E-state index contributed by atoms with van der Waals surface area (Å²) in [6, 6.07) is 23.1. The van der Waals surface area contributed by atoms with E-state index in [1.165, 1.54) is 4.68 Å².